The summed E-state index contributed by atoms with van der Waals surface area (Å²) < 4.78 is 0. The number of aryl methyl sites for hydroxylation is 2. The summed E-state index contributed by atoms with van der Waals surface area (Å²) in [5, 5.41) is 9.64. The summed E-state index contributed by atoms with van der Waals surface area (Å²) in [5.41, 5.74) is 2.09. The Bertz CT molecular complexity index is 442. The lowest BCUT2D eigenvalue weighted by Crippen LogP contribution is -2.48. The van der Waals surface area contributed by atoms with Crippen LogP contribution < -0.4 is 0 Å². The molecule has 0 aliphatic heterocycles. The Morgan fingerprint density at radius 2 is 2.00 bits per heavy atom. The molecule has 1 aromatic rings. The maximum Gasteiger partial charge on any atom is 0.328 e. The van der Waals surface area contributed by atoms with Crippen LogP contribution in [0.15, 0.2) is 18.2 Å². The normalized spacial score (nSPS) is 14.6. The van der Waals surface area contributed by atoms with Gasteiger partial charge in [0.25, 0.3) is 0 Å². The molecular weight excluding hydrogens is 226 g/mol. The lowest BCUT2D eigenvalue weighted by molar-refractivity contribution is -0.150. The number of aliphatic carboxylic acids is 1. The minimum absolute atomic E-state index is 0.760. The Balaban J connectivity index is 3.31. The van der Waals surface area contributed by atoms with Gasteiger partial charge in [0, 0.05) is 0 Å². The van der Waals surface area contributed by atoms with E-state index in [1.54, 1.807) is 6.92 Å². The average Bonchev–Trinajstić information content (AvgIpc) is 2.28. The Labute approximate surface area is 109 Å². The number of nitrogens with zero attached hydrogens (tertiary/aromatic N) is 1. The predicted molar refractivity (Wildman–Crippen MR) is 73.8 cm³/mol. The van der Waals surface area contributed by atoms with Crippen LogP contribution in [0.5, 0.6) is 0 Å². The number of carboxylic acid groups (broad SMARTS) is 1. The van der Waals surface area contributed by atoms with Crippen LogP contribution in [0, 0.1) is 13.8 Å². The second-order valence-electron chi connectivity index (χ2n) is 5.12. The molecule has 3 nitrogen and oxygen atoms in total. The fourth-order valence-corrected chi connectivity index (χ4v) is 2.40. The monoisotopic (exact) mass is 249 g/mol. The molecule has 0 fully saturated rings. The van der Waals surface area contributed by atoms with Crippen LogP contribution in [0.4, 0.5) is 0 Å². The SMILES string of the molecule is CCCN(C)C(C)(C(=O)O)c1ccc(C)cc1C. The molecular formula is C15H23NO2. The molecule has 3 heteroatoms. The third-order valence-corrected chi connectivity index (χ3v) is 3.65. The van der Waals surface area contributed by atoms with Gasteiger partial charge in [0.2, 0.25) is 0 Å². The standard InChI is InChI=1S/C15H23NO2/c1-6-9-16(5)15(4,14(17)18)13-8-7-11(2)10-12(13)3/h7-8,10H,6,9H2,1-5H3,(H,17,18). The van der Waals surface area contributed by atoms with Gasteiger partial charge in [-0.2, -0.15) is 0 Å². The first-order valence-corrected chi connectivity index (χ1v) is 6.36. The first kappa shape index (κ1) is 14.7. The van der Waals surface area contributed by atoms with Crippen LogP contribution in [0.25, 0.3) is 0 Å². The van der Waals surface area contributed by atoms with Crippen LogP contribution >= 0.6 is 0 Å². The van der Waals surface area contributed by atoms with Crippen molar-refractivity contribution < 1.29 is 9.90 Å². The number of benzene rings is 1. The van der Waals surface area contributed by atoms with E-state index in [1.165, 1.54) is 0 Å². The fourth-order valence-electron chi connectivity index (χ4n) is 2.40. The van der Waals surface area contributed by atoms with E-state index < -0.39 is 11.5 Å². The number of carboxylic acids is 1. The van der Waals surface area contributed by atoms with Crippen molar-refractivity contribution in [1.29, 1.82) is 0 Å². The van der Waals surface area contributed by atoms with Crippen molar-refractivity contribution in [2.75, 3.05) is 13.6 Å². The molecule has 18 heavy (non-hydrogen) atoms. The van der Waals surface area contributed by atoms with E-state index in [0.717, 1.165) is 29.7 Å². The van der Waals surface area contributed by atoms with Gasteiger partial charge >= 0.3 is 5.97 Å². The number of hydrogen-bond donors (Lipinski definition) is 1. The predicted octanol–water partition coefficient (Wildman–Crippen LogP) is 2.95. The summed E-state index contributed by atoms with van der Waals surface area (Å²) >= 11 is 0. The van der Waals surface area contributed by atoms with Crippen molar-refractivity contribution in [1.82, 2.24) is 4.90 Å². The Morgan fingerprint density at radius 3 is 2.44 bits per heavy atom. The molecule has 0 bridgehead atoms. The highest BCUT2D eigenvalue weighted by atomic mass is 16.4. The smallest absolute Gasteiger partial charge is 0.328 e. The van der Waals surface area contributed by atoms with E-state index >= 15 is 0 Å². The van der Waals surface area contributed by atoms with Gasteiger partial charge in [-0.3, -0.25) is 4.90 Å². The molecule has 0 spiro atoms. The molecule has 1 rings (SSSR count). The second-order valence-corrected chi connectivity index (χ2v) is 5.12. The van der Waals surface area contributed by atoms with Crippen molar-refractivity contribution in [3.8, 4) is 0 Å². The first-order valence-electron chi connectivity index (χ1n) is 6.36. The minimum atomic E-state index is -0.964. The van der Waals surface area contributed by atoms with Gasteiger partial charge in [0.15, 0.2) is 0 Å². The van der Waals surface area contributed by atoms with Gasteiger partial charge in [-0.1, -0.05) is 30.7 Å². The Hall–Kier alpha value is -1.35. The van der Waals surface area contributed by atoms with E-state index in [0.29, 0.717) is 0 Å². The molecule has 1 unspecified atom stereocenters. The zero-order valence-corrected chi connectivity index (χ0v) is 11.9. The van der Waals surface area contributed by atoms with E-state index in [9.17, 15) is 9.90 Å². The maximum atomic E-state index is 11.7. The van der Waals surface area contributed by atoms with Crippen LogP contribution in [0.2, 0.25) is 0 Å². The van der Waals surface area contributed by atoms with Crippen LogP contribution in [-0.2, 0) is 10.3 Å². The van der Waals surface area contributed by atoms with Gasteiger partial charge in [0.1, 0.15) is 5.54 Å². The fraction of sp³-hybridized carbons (Fsp3) is 0.533. The zero-order valence-electron chi connectivity index (χ0n) is 11.9. The average molecular weight is 249 g/mol. The Morgan fingerprint density at radius 1 is 1.39 bits per heavy atom. The third kappa shape index (κ3) is 2.56. The van der Waals surface area contributed by atoms with Crippen LogP contribution in [-0.4, -0.2) is 29.6 Å². The summed E-state index contributed by atoms with van der Waals surface area (Å²) in [5.74, 6) is -0.801. The molecule has 100 valence electrons. The maximum absolute atomic E-state index is 11.7. The van der Waals surface area contributed by atoms with Crippen molar-refractivity contribution in [3.05, 3.63) is 34.9 Å². The lowest BCUT2D eigenvalue weighted by Gasteiger charge is -2.36. The molecule has 0 saturated carbocycles. The number of likely N-dealkylation sites (N-methyl/N-ethyl adjacent to an activating group) is 1. The largest absolute Gasteiger partial charge is 0.480 e. The van der Waals surface area contributed by atoms with Gasteiger partial charge in [-0.05, 0) is 51.9 Å². The highest BCUT2D eigenvalue weighted by Crippen LogP contribution is 2.30. The van der Waals surface area contributed by atoms with Gasteiger partial charge in [0.05, 0.1) is 0 Å². The summed E-state index contributed by atoms with van der Waals surface area (Å²) in [7, 11) is 1.87. The zero-order chi connectivity index (χ0) is 13.9. The molecule has 0 aliphatic carbocycles. The molecule has 0 aromatic heterocycles. The summed E-state index contributed by atoms with van der Waals surface area (Å²) in [6.07, 6.45) is 0.935. The molecule has 1 N–H and O–H groups in total. The lowest BCUT2D eigenvalue weighted by atomic mass is 9.86. The van der Waals surface area contributed by atoms with Crippen LogP contribution in [0.3, 0.4) is 0 Å². The van der Waals surface area contributed by atoms with Gasteiger partial charge < -0.3 is 5.11 Å². The minimum Gasteiger partial charge on any atom is -0.480 e. The molecule has 0 radical (unpaired) electrons. The highest BCUT2D eigenvalue weighted by Gasteiger charge is 2.39. The summed E-state index contributed by atoms with van der Waals surface area (Å²) in [6, 6.07) is 5.95. The summed E-state index contributed by atoms with van der Waals surface area (Å²) in [6.45, 7) is 8.59. The topological polar surface area (TPSA) is 40.5 Å². The van der Waals surface area contributed by atoms with Crippen molar-refractivity contribution in [2.24, 2.45) is 0 Å². The van der Waals surface area contributed by atoms with Gasteiger partial charge in [-0.25, -0.2) is 4.79 Å². The van der Waals surface area contributed by atoms with E-state index in [4.69, 9.17) is 0 Å². The van der Waals surface area contributed by atoms with Crippen molar-refractivity contribution >= 4 is 5.97 Å². The Kier molecular flexibility index (Phi) is 4.52. The molecule has 0 saturated heterocycles. The highest BCUT2D eigenvalue weighted by molar-refractivity contribution is 5.80. The second kappa shape index (κ2) is 5.53. The molecule has 0 amide bonds. The molecule has 1 aromatic carbocycles. The quantitative estimate of drug-likeness (QED) is 0.872. The summed E-state index contributed by atoms with van der Waals surface area (Å²) in [4.78, 5) is 13.6. The van der Waals surface area contributed by atoms with Crippen LogP contribution in [0.1, 0.15) is 37.0 Å². The van der Waals surface area contributed by atoms with E-state index in [1.807, 2.05) is 44.0 Å². The number of carbonyl (C=O) groups is 1. The first-order chi connectivity index (χ1) is 8.33. The molecule has 1 atom stereocenters. The van der Waals surface area contributed by atoms with E-state index in [2.05, 4.69) is 6.92 Å². The van der Waals surface area contributed by atoms with Crippen molar-refractivity contribution in [2.45, 2.75) is 39.7 Å². The molecule has 0 heterocycles. The van der Waals surface area contributed by atoms with Gasteiger partial charge in [-0.15, -0.1) is 0 Å². The van der Waals surface area contributed by atoms with E-state index in [-0.39, 0.29) is 0 Å². The number of rotatable bonds is 5. The third-order valence-electron chi connectivity index (χ3n) is 3.65. The molecule has 0 aliphatic rings. The van der Waals surface area contributed by atoms with Crippen molar-refractivity contribution in [3.63, 3.8) is 0 Å². The number of hydrogen-bond acceptors (Lipinski definition) is 2.